The third-order valence-electron chi connectivity index (χ3n) is 2.45. The molecule has 1 atom stereocenters. The molecule has 2 heterocycles. The Labute approximate surface area is 87.5 Å². The highest BCUT2D eigenvalue weighted by Crippen LogP contribution is 2.10. The van der Waals surface area contributed by atoms with Crippen LogP contribution in [0, 0.1) is 0 Å². The van der Waals surface area contributed by atoms with E-state index in [-0.39, 0.29) is 12.3 Å². The number of amides is 1. The van der Waals surface area contributed by atoms with E-state index in [0.29, 0.717) is 19.5 Å². The van der Waals surface area contributed by atoms with E-state index in [9.17, 15) is 9.90 Å². The number of nitrogens with zero attached hydrogens (tertiary/aromatic N) is 4. The first-order valence-electron chi connectivity index (χ1n) is 4.95. The van der Waals surface area contributed by atoms with Crippen molar-refractivity contribution in [2.45, 2.75) is 18.9 Å². The summed E-state index contributed by atoms with van der Waals surface area (Å²) >= 11 is 0. The van der Waals surface area contributed by atoms with Gasteiger partial charge in [0.1, 0.15) is 6.33 Å². The lowest BCUT2D eigenvalue weighted by Gasteiger charge is -2.13. The molecule has 1 aromatic heterocycles. The van der Waals surface area contributed by atoms with E-state index in [2.05, 4.69) is 10.1 Å². The third kappa shape index (κ3) is 2.33. The van der Waals surface area contributed by atoms with Gasteiger partial charge in [0.25, 0.3) is 0 Å². The van der Waals surface area contributed by atoms with E-state index in [1.807, 2.05) is 0 Å². The molecule has 6 nitrogen and oxygen atoms in total. The van der Waals surface area contributed by atoms with Crippen molar-refractivity contribution in [2.75, 3.05) is 13.1 Å². The number of aryl methyl sites for hydroxylation is 1. The highest BCUT2D eigenvalue weighted by Gasteiger charge is 2.27. The summed E-state index contributed by atoms with van der Waals surface area (Å²) in [6, 6.07) is 0. The minimum atomic E-state index is -0.505. The van der Waals surface area contributed by atoms with E-state index in [4.69, 9.17) is 0 Å². The summed E-state index contributed by atoms with van der Waals surface area (Å²) in [5, 5.41) is 13.4. The van der Waals surface area contributed by atoms with E-state index < -0.39 is 6.10 Å². The summed E-state index contributed by atoms with van der Waals surface area (Å²) in [6.07, 6.45) is 2.01. The summed E-state index contributed by atoms with van der Waals surface area (Å²) in [5.74, 6) is 0.741. The van der Waals surface area contributed by atoms with Crippen LogP contribution in [0.25, 0.3) is 0 Å². The minimum Gasteiger partial charge on any atom is -0.391 e. The molecule has 0 spiro atoms. The van der Waals surface area contributed by atoms with Crippen molar-refractivity contribution in [2.24, 2.45) is 7.05 Å². The van der Waals surface area contributed by atoms with Crippen molar-refractivity contribution in [1.29, 1.82) is 0 Å². The number of aromatic nitrogens is 3. The number of rotatable bonds is 3. The highest BCUT2D eigenvalue weighted by molar-refractivity contribution is 5.78. The van der Waals surface area contributed by atoms with Crippen molar-refractivity contribution in [3.05, 3.63) is 12.2 Å². The van der Waals surface area contributed by atoms with Gasteiger partial charge < -0.3 is 10.0 Å². The average Bonchev–Trinajstić information content (AvgIpc) is 2.70. The molecule has 0 aromatic carbocycles. The zero-order chi connectivity index (χ0) is 10.8. The van der Waals surface area contributed by atoms with E-state index in [1.54, 1.807) is 23.0 Å². The van der Waals surface area contributed by atoms with Crippen molar-refractivity contribution in [3.8, 4) is 0 Å². The first-order valence-corrected chi connectivity index (χ1v) is 4.95. The number of likely N-dealkylation sites (tertiary alicyclic amines) is 1. The van der Waals surface area contributed by atoms with Crippen LogP contribution in [-0.2, 0) is 18.3 Å². The Hall–Kier alpha value is -1.43. The number of aliphatic hydroxyl groups is 1. The Bertz CT molecular complexity index is 363. The Morgan fingerprint density at radius 1 is 1.67 bits per heavy atom. The van der Waals surface area contributed by atoms with Gasteiger partial charge in [-0.3, -0.25) is 9.48 Å². The van der Waals surface area contributed by atoms with Crippen LogP contribution in [0.5, 0.6) is 0 Å². The molecule has 0 saturated carbocycles. The van der Waals surface area contributed by atoms with E-state index >= 15 is 0 Å². The smallest absolute Gasteiger partial charge is 0.225 e. The average molecular weight is 210 g/mol. The molecule has 82 valence electrons. The van der Waals surface area contributed by atoms with Gasteiger partial charge in [0.15, 0.2) is 5.82 Å². The second-order valence-electron chi connectivity index (χ2n) is 3.78. The van der Waals surface area contributed by atoms with Gasteiger partial charge in [0.2, 0.25) is 5.91 Å². The summed E-state index contributed by atoms with van der Waals surface area (Å²) in [6.45, 7) is 1.02. The van der Waals surface area contributed by atoms with Gasteiger partial charge in [-0.2, -0.15) is 5.10 Å². The van der Waals surface area contributed by atoms with Crippen LogP contribution in [0.15, 0.2) is 6.33 Å². The molecular formula is C9H14N4O2. The minimum absolute atomic E-state index is 0.0124. The Morgan fingerprint density at radius 3 is 3.00 bits per heavy atom. The predicted octanol–water partition coefficient (Wildman–Crippen LogP) is -1.05. The molecule has 1 fully saturated rings. The Balaban J connectivity index is 1.86. The zero-order valence-electron chi connectivity index (χ0n) is 8.63. The summed E-state index contributed by atoms with van der Waals surface area (Å²) in [5.41, 5.74) is 0. The number of hydrogen-bond acceptors (Lipinski definition) is 4. The maximum Gasteiger partial charge on any atom is 0.225 e. The van der Waals surface area contributed by atoms with Crippen LogP contribution < -0.4 is 0 Å². The van der Waals surface area contributed by atoms with Crippen molar-refractivity contribution >= 4 is 5.91 Å². The van der Waals surface area contributed by atoms with Gasteiger partial charge in [0.05, 0.1) is 12.5 Å². The van der Waals surface area contributed by atoms with Crippen LogP contribution >= 0.6 is 0 Å². The normalized spacial score (nSPS) is 21.3. The van der Waals surface area contributed by atoms with Gasteiger partial charge in [-0.15, -0.1) is 0 Å². The van der Waals surface area contributed by atoms with Crippen molar-refractivity contribution < 1.29 is 9.90 Å². The molecule has 6 heteroatoms. The van der Waals surface area contributed by atoms with E-state index in [1.165, 1.54) is 0 Å². The number of β-amino-alcohol motifs (C(OH)–C–C–N with tert-alkyl or cyclic N) is 1. The van der Waals surface area contributed by atoms with Crippen LogP contribution in [0.2, 0.25) is 0 Å². The van der Waals surface area contributed by atoms with Gasteiger partial charge in [-0.25, -0.2) is 4.98 Å². The maximum atomic E-state index is 11.3. The van der Waals surface area contributed by atoms with E-state index in [0.717, 1.165) is 5.82 Å². The standard InChI is InChI=1S/C9H14N4O2/c1-12-6-10-8(11-12)2-3-13-5-7(14)4-9(13)15/h6-7,14H,2-5H2,1H3. The summed E-state index contributed by atoms with van der Waals surface area (Å²) in [4.78, 5) is 17.1. The zero-order valence-corrected chi connectivity index (χ0v) is 8.63. The lowest BCUT2D eigenvalue weighted by Crippen LogP contribution is -2.28. The fourth-order valence-corrected chi connectivity index (χ4v) is 1.70. The molecule has 1 N–H and O–H groups in total. The quantitative estimate of drug-likeness (QED) is 0.691. The lowest BCUT2D eigenvalue weighted by molar-refractivity contribution is -0.127. The van der Waals surface area contributed by atoms with Crippen LogP contribution in [0.4, 0.5) is 0 Å². The molecular weight excluding hydrogens is 196 g/mol. The predicted molar refractivity (Wildman–Crippen MR) is 51.9 cm³/mol. The SMILES string of the molecule is Cn1cnc(CCN2CC(O)CC2=O)n1. The molecule has 0 radical (unpaired) electrons. The van der Waals surface area contributed by atoms with Gasteiger partial charge in [0, 0.05) is 26.6 Å². The number of aliphatic hydroxyl groups excluding tert-OH is 1. The van der Waals surface area contributed by atoms with Crippen LogP contribution in [-0.4, -0.2) is 49.9 Å². The maximum absolute atomic E-state index is 11.3. The fourth-order valence-electron chi connectivity index (χ4n) is 1.70. The Morgan fingerprint density at radius 2 is 2.47 bits per heavy atom. The molecule has 1 aromatic rings. The molecule has 1 unspecified atom stereocenters. The second-order valence-corrected chi connectivity index (χ2v) is 3.78. The topological polar surface area (TPSA) is 71.2 Å². The molecule has 1 aliphatic heterocycles. The molecule has 1 aliphatic rings. The second kappa shape index (κ2) is 3.98. The first-order chi connectivity index (χ1) is 7.15. The molecule has 1 saturated heterocycles. The van der Waals surface area contributed by atoms with Crippen LogP contribution in [0.3, 0.4) is 0 Å². The first kappa shape index (κ1) is 10.1. The van der Waals surface area contributed by atoms with Crippen LogP contribution in [0.1, 0.15) is 12.2 Å². The molecule has 0 aliphatic carbocycles. The molecule has 15 heavy (non-hydrogen) atoms. The Kier molecular flexibility index (Phi) is 2.68. The number of carbonyl (C=O) groups is 1. The summed E-state index contributed by atoms with van der Waals surface area (Å²) < 4.78 is 1.63. The molecule has 0 bridgehead atoms. The number of carbonyl (C=O) groups excluding carboxylic acids is 1. The molecule has 2 rings (SSSR count). The lowest BCUT2D eigenvalue weighted by atomic mass is 10.3. The van der Waals surface area contributed by atoms with Gasteiger partial charge in [-0.1, -0.05) is 0 Å². The largest absolute Gasteiger partial charge is 0.391 e. The molecule has 1 amide bonds. The fraction of sp³-hybridized carbons (Fsp3) is 0.667. The van der Waals surface area contributed by atoms with Crippen molar-refractivity contribution in [3.63, 3.8) is 0 Å². The third-order valence-corrected chi connectivity index (χ3v) is 2.45. The summed E-state index contributed by atoms with van der Waals surface area (Å²) in [7, 11) is 1.81. The highest BCUT2D eigenvalue weighted by atomic mass is 16.3. The van der Waals surface area contributed by atoms with Gasteiger partial charge >= 0.3 is 0 Å². The number of hydrogen-bond donors (Lipinski definition) is 1. The van der Waals surface area contributed by atoms with Crippen molar-refractivity contribution in [1.82, 2.24) is 19.7 Å². The van der Waals surface area contributed by atoms with Gasteiger partial charge in [-0.05, 0) is 0 Å². The monoisotopic (exact) mass is 210 g/mol.